The Morgan fingerprint density at radius 2 is 2.00 bits per heavy atom. The van der Waals surface area contributed by atoms with Crippen molar-refractivity contribution in [3.63, 3.8) is 0 Å². The molecule has 0 spiro atoms. The van der Waals surface area contributed by atoms with Crippen molar-refractivity contribution in [1.29, 1.82) is 0 Å². The summed E-state index contributed by atoms with van der Waals surface area (Å²) in [5.41, 5.74) is 0.994. The Morgan fingerprint density at radius 1 is 1.38 bits per heavy atom. The average molecular weight is 358 g/mol. The molecular weight excluding hydrogens is 338 g/mol. The third-order valence-corrected chi connectivity index (χ3v) is 4.72. The van der Waals surface area contributed by atoms with Gasteiger partial charge >= 0.3 is 5.97 Å². The molecule has 1 aromatic rings. The zero-order chi connectivity index (χ0) is 15.6. The normalized spacial score (nSPS) is 22.3. The molecule has 0 bridgehead atoms. The van der Waals surface area contributed by atoms with Crippen LogP contribution in [0.15, 0.2) is 16.6 Å². The molecule has 2 rings (SSSR count). The van der Waals surface area contributed by atoms with Crippen molar-refractivity contribution < 1.29 is 19.4 Å². The fraction of sp³-hybridized carbons (Fsp3) is 0.533. The van der Waals surface area contributed by atoms with Gasteiger partial charge in [-0.3, -0.25) is 9.69 Å². The van der Waals surface area contributed by atoms with Crippen LogP contribution in [0.4, 0.5) is 0 Å². The van der Waals surface area contributed by atoms with Crippen molar-refractivity contribution >= 4 is 21.9 Å². The van der Waals surface area contributed by atoms with Crippen LogP contribution in [-0.2, 0) is 11.3 Å². The number of aliphatic carboxylic acids is 1. The summed E-state index contributed by atoms with van der Waals surface area (Å²) in [5.74, 6) is 0.713. The van der Waals surface area contributed by atoms with E-state index in [0.717, 1.165) is 23.0 Å². The van der Waals surface area contributed by atoms with Gasteiger partial charge in [-0.2, -0.15) is 0 Å². The molecule has 21 heavy (non-hydrogen) atoms. The molecule has 6 heteroatoms. The summed E-state index contributed by atoms with van der Waals surface area (Å²) in [6, 6.07) is 3.32. The number of methoxy groups -OCH3 is 2. The predicted octanol–water partition coefficient (Wildman–Crippen LogP) is 2.76. The molecule has 0 saturated carbocycles. The van der Waals surface area contributed by atoms with Gasteiger partial charge in [0.15, 0.2) is 11.5 Å². The van der Waals surface area contributed by atoms with Crippen LogP contribution < -0.4 is 9.47 Å². The van der Waals surface area contributed by atoms with Gasteiger partial charge in [0, 0.05) is 11.0 Å². The van der Waals surface area contributed by atoms with Crippen molar-refractivity contribution in [2.24, 2.45) is 5.92 Å². The van der Waals surface area contributed by atoms with Crippen molar-refractivity contribution in [2.45, 2.75) is 25.9 Å². The number of rotatable bonds is 5. The lowest BCUT2D eigenvalue weighted by Gasteiger charge is -2.24. The van der Waals surface area contributed by atoms with Gasteiger partial charge in [0.05, 0.1) is 14.2 Å². The first kappa shape index (κ1) is 16.1. The molecule has 0 aliphatic carbocycles. The molecule has 1 aromatic carbocycles. The smallest absolute Gasteiger partial charge is 0.321 e. The van der Waals surface area contributed by atoms with Crippen LogP contribution in [0.1, 0.15) is 18.9 Å². The van der Waals surface area contributed by atoms with Crippen molar-refractivity contribution in [3.8, 4) is 11.5 Å². The van der Waals surface area contributed by atoms with Gasteiger partial charge < -0.3 is 14.6 Å². The quantitative estimate of drug-likeness (QED) is 0.877. The first-order valence-electron chi connectivity index (χ1n) is 6.85. The fourth-order valence-corrected chi connectivity index (χ4v) is 3.29. The number of carbonyl (C=O) groups is 1. The summed E-state index contributed by atoms with van der Waals surface area (Å²) in [5, 5.41) is 9.39. The molecule has 2 atom stereocenters. The van der Waals surface area contributed by atoms with E-state index < -0.39 is 12.0 Å². The topological polar surface area (TPSA) is 59.0 Å². The Hall–Kier alpha value is -1.27. The van der Waals surface area contributed by atoms with Crippen LogP contribution in [0.25, 0.3) is 0 Å². The molecule has 0 aromatic heterocycles. The van der Waals surface area contributed by atoms with E-state index in [1.165, 1.54) is 0 Å². The van der Waals surface area contributed by atoms with Crippen LogP contribution in [0.2, 0.25) is 0 Å². The molecule has 0 radical (unpaired) electrons. The minimum Gasteiger partial charge on any atom is -0.493 e. The molecule has 1 heterocycles. The summed E-state index contributed by atoms with van der Waals surface area (Å²) >= 11 is 3.52. The van der Waals surface area contributed by atoms with Gasteiger partial charge in [0.25, 0.3) is 0 Å². The molecule has 5 nitrogen and oxygen atoms in total. The van der Waals surface area contributed by atoms with Crippen molar-refractivity contribution in [2.75, 3.05) is 20.8 Å². The zero-order valence-corrected chi connectivity index (χ0v) is 14.0. The number of likely N-dealkylation sites (tertiary alicyclic amines) is 1. The van der Waals surface area contributed by atoms with E-state index in [2.05, 4.69) is 15.9 Å². The predicted molar refractivity (Wildman–Crippen MR) is 82.9 cm³/mol. The van der Waals surface area contributed by atoms with Gasteiger partial charge in [-0.25, -0.2) is 0 Å². The number of halogens is 1. The standard InChI is InChI=1S/C15H20BrNO4/c1-9-4-5-17(14(9)15(18)19)8-10-6-12(20-2)13(21-3)7-11(10)16/h6-7,9,14H,4-5,8H2,1-3H3,(H,18,19). The van der Waals surface area contributed by atoms with E-state index in [1.807, 2.05) is 24.0 Å². The van der Waals surface area contributed by atoms with E-state index in [-0.39, 0.29) is 5.92 Å². The SMILES string of the molecule is COc1cc(Br)c(CN2CCC(C)C2C(=O)O)cc1OC. The third kappa shape index (κ3) is 3.32. The van der Waals surface area contributed by atoms with E-state index in [9.17, 15) is 9.90 Å². The number of ether oxygens (including phenoxy) is 2. The Morgan fingerprint density at radius 3 is 2.57 bits per heavy atom. The van der Waals surface area contributed by atoms with Crippen LogP contribution in [0.5, 0.6) is 11.5 Å². The molecule has 1 aliphatic rings. The van der Waals surface area contributed by atoms with E-state index in [0.29, 0.717) is 18.0 Å². The van der Waals surface area contributed by atoms with Crippen LogP contribution in [-0.4, -0.2) is 42.8 Å². The second-order valence-corrected chi connectivity index (χ2v) is 6.17. The fourth-order valence-electron chi connectivity index (χ4n) is 2.84. The number of nitrogens with zero attached hydrogens (tertiary/aromatic N) is 1. The molecular formula is C15H20BrNO4. The van der Waals surface area contributed by atoms with Crippen LogP contribution in [0.3, 0.4) is 0 Å². The van der Waals surface area contributed by atoms with Crippen LogP contribution in [0, 0.1) is 5.92 Å². The first-order valence-corrected chi connectivity index (χ1v) is 7.64. The molecule has 0 amide bonds. The Labute approximate surface area is 133 Å². The maximum Gasteiger partial charge on any atom is 0.321 e. The molecule has 1 fully saturated rings. The molecule has 2 unspecified atom stereocenters. The summed E-state index contributed by atoms with van der Waals surface area (Å²) in [4.78, 5) is 13.4. The maximum absolute atomic E-state index is 11.4. The third-order valence-electron chi connectivity index (χ3n) is 3.98. The molecule has 1 N–H and O–H groups in total. The minimum absolute atomic E-state index is 0.168. The monoisotopic (exact) mass is 357 g/mol. The van der Waals surface area contributed by atoms with Crippen molar-refractivity contribution in [1.82, 2.24) is 4.90 Å². The Bertz CT molecular complexity index is 535. The second kappa shape index (κ2) is 6.66. The first-order chi connectivity index (χ1) is 9.97. The van der Waals surface area contributed by atoms with Gasteiger partial charge in [0.1, 0.15) is 6.04 Å². The molecule has 1 aliphatic heterocycles. The number of hydrogen-bond acceptors (Lipinski definition) is 4. The van der Waals surface area contributed by atoms with E-state index in [1.54, 1.807) is 14.2 Å². The van der Waals surface area contributed by atoms with Gasteiger partial charge in [-0.05, 0) is 36.6 Å². The Balaban J connectivity index is 2.25. The van der Waals surface area contributed by atoms with Crippen molar-refractivity contribution in [3.05, 3.63) is 22.2 Å². The summed E-state index contributed by atoms with van der Waals surface area (Å²) in [7, 11) is 3.18. The summed E-state index contributed by atoms with van der Waals surface area (Å²) in [6.45, 7) is 3.35. The zero-order valence-electron chi connectivity index (χ0n) is 12.4. The highest BCUT2D eigenvalue weighted by Crippen LogP contribution is 2.35. The maximum atomic E-state index is 11.4. The lowest BCUT2D eigenvalue weighted by molar-refractivity contribution is -0.143. The minimum atomic E-state index is -0.753. The second-order valence-electron chi connectivity index (χ2n) is 5.32. The Kier molecular flexibility index (Phi) is 5.11. The molecule has 1 saturated heterocycles. The highest BCUT2D eigenvalue weighted by molar-refractivity contribution is 9.10. The van der Waals surface area contributed by atoms with E-state index >= 15 is 0 Å². The van der Waals surface area contributed by atoms with Gasteiger partial charge in [-0.1, -0.05) is 22.9 Å². The highest BCUT2D eigenvalue weighted by atomic mass is 79.9. The lowest BCUT2D eigenvalue weighted by Crippen LogP contribution is -2.38. The largest absolute Gasteiger partial charge is 0.493 e. The number of carboxylic acid groups (broad SMARTS) is 1. The van der Waals surface area contributed by atoms with Gasteiger partial charge in [-0.15, -0.1) is 0 Å². The summed E-state index contributed by atoms with van der Waals surface area (Å²) < 4.78 is 11.5. The number of benzene rings is 1. The number of carboxylic acids is 1. The average Bonchev–Trinajstić information content (AvgIpc) is 2.81. The summed E-state index contributed by atoms with van der Waals surface area (Å²) in [6.07, 6.45) is 0.905. The highest BCUT2D eigenvalue weighted by Gasteiger charge is 2.36. The van der Waals surface area contributed by atoms with E-state index in [4.69, 9.17) is 9.47 Å². The molecule has 116 valence electrons. The lowest BCUT2D eigenvalue weighted by atomic mass is 10.0. The van der Waals surface area contributed by atoms with Crippen LogP contribution >= 0.6 is 15.9 Å². The number of hydrogen-bond donors (Lipinski definition) is 1. The van der Waals surface area contributed by atoms with Gasteiger partial charge in [0.2, 0.25) is 0 Å².